The highest BCUT2D eigenvalue weighted by molar-refractivity contribution is 5.52. The molecule has 0 saturated carbocycles. The predicted octanol–water partition coefficient (Wildman–Crippen LogP) is 4.58. The fraction of sp³-hybridized carbons (Fsp3) is 0.514. The van der Waals surface area contributed by atoms with Gasteiger partial charge in [0.25, 0.3) is 0 Å². The third kappa shape index (κ3) is 4.98. The second-order valence-electron chi connectivity index (χ2n) is 14.3. The molecule has 7 nitrogen and oxygen atoms in total. The van der Waals surface area contributed by atoms with Crippen molar-refractivity contribution in [2.24, 2.45) is 0 Å². The van der Waals surface area contributed by atoms with Crippen molar-refractivity contribution in [3.05, 3.63) is 89.5 Å². The van der Waals surface area contributed by atoms with Gasteiger partial charge in [0.15, 0.2) is 0 Å². The molecule has 3 aromatic rings. The second-order valence-corrected chi connectivity index (χ2v) is 14.3. The first-order valence-corrected chi connectivity index (χ1v) is 17.1. The number of hydrogen-bond donors (Lipinski definition) is 7. The quantitative estimate of drug-likeness (QED) is 0.222. The lowest BCUT2D eigenvalue weighted by Gasteiger charge is -2.36. The normalized spacial score (nSPS) is 38.3. The molecule has 232 valence electrons. The molecule has 7 heteroatoms. The number of nitrogens with one attached hydrogen (secondary N) is 4. The lowest BCUT2D eigenvalue weighted by atomic mass is 9.82. The second kappa shape index (κ2) is 11.7. The van der Waals surface area contributed by atoms with E-state index in [1.54, 1.807) is 0 Å². The molecule has 0 aromatic heterocycles. The zero-order chi connectivity index (χ0) is 29.8. The Balaban J connectivity index is 1.22. The molecule has 5 saturated heterocycles. The molecule has 0 radical (unpaired) electrons. The largest absolute Gasteiger partial charge is 0.398 e. The van der Waals surface area contributed by atoms with E-state index in [9.17, 15) is 0 Å². The predicted molar refractivity (Wildman–Crippen MR) is 181 cm³/mol. The van der Waals surface area contributed by atoms with E-state index in [1.165, 1.54) is 42.4 Å². The molecule has 0 spiro atoms. The molecule has 5 aliphatic heterocycles. The summed E-state index contributed by atoms with van der Waals surface area (Å²) in [5, 5.41) is 16.8. The van der Waals surface area contributed by atoms with Crippen LogP contribution in [0.1, 0.15) is 85.8 Å². The number of nitrogen functional groups attached to an aromatic ring is 3. The molecule has 10 unspecified atom stereocenters. The van der Waals surface area contributed by atoms with Gasteiger partial charge in [-0.15, -0.1) is 0 Å². The van der Waals surface area contributed by atoms with Gasteiger partial charge in [0.2, 0.25) is 0 Å². The van der Waals surface area contributed by atoms with Gasteiger partial charge in [-0.1, -0.05) is 54.6 Å². The minimum atomic E-state index is 0.285. The molecule has 8 bridgehead atoms. The average Bonchev–Trinajstić information content (AvgIpc) is 3.85. The number of para-hydroxylation sites is 3. The van der Waals surface area contributed by atoms with Crippen molar-refractivity contribution in [3.63, 3.8) is 0 Å². The Bertz CT molecular complexity index is 1390. The van der Waals surface area contributed by atoms with Gasteiger partial charge >= 0.3 is 0 Å². The summed E-state index contributed by atoms with van der Waals surface area (Å²) in [7, 11) is 0. The van der Waals surface area contributed by atoms with Crippen molar-refractivity contribution >= 4 is 17.1 Å². The molecule has 44 heavy (non-hydrogen) atoms. The Kier molecular flexibility index (Phi) is 7.53. The molecule has 10 N–H and O–H groups in total. The highest BCUT2D eigenvalue weighted by Crippen LogP contribution is 2.45. The Morgan fingerprint density at radius 3 is 0.841 bits per heavy atom. The summed E-state index contributed by atoms with van der Waals surface area (Å²) in [5.74, 6) is 0.930. The number of benzene rings is 3. The van der Waals surface area contributed by atoms with Crippen LogP contribution in [0, 0.1) is 0 Å². The van der Waals surface area contributed by atoms with Gasteiger partial charge in [-0.05, 0) is 86.3 Å². The van der Waals surface area contributed by atoms with Crippen LogP contribution in [0.3, 0.4) is 0 Å². The van der Waals surface area contributed by atoms with E-state index in [4.69, 9.17) is 17.2 Å². The van der Waals surface area contributed by atoms with E-state index in [-0.39, 0.29) is 5.92 Å². The van der Waals surface area contributed by atoms with Crippen LogP contribution in [0.2, 0.25) is 0 Å². The maximum Gasteiger partial charge on any atom is 0.0350 e. The van der Waals surface area contributed by atoms with Crippen LogP contribution in [0.15, 0.2) is 72.8 Å². The van der Waals surface area contributed by atoms with Crippen LogP contribution in [-0.2, 0) is 0 Å². The van der Waals surface area contributed by atoms with Crippen molar-refractivity contribution in [3.8, 4) is 0 Å². The summed E-state index contributed by atoms with van der Waals surface area (Å²) in [6.07, 6.45) is 9.27. The van der Waals surface area contributed by atoms with Gasteiger partial charge in [-0.25, -0.2) is 0 Å². The Morgan fingerprint density at radius 2 is 0.568 bits per heavy atom. The Hall–Kier alpha value is -3.10. The molecule has 5 heterocycles. The number of anilines is 3. The molecule has 10 atom stereocenters. The first-order chi connectivity index (χ1) is 21.5. The summed E-state index contributed by atoms with van der Waals surface area (Å²) >= 11 is 0. The van der Waals surface area contributed by atoms with E-state index in [2.05, 4.69) is 94.1 Å². The minimum Gasteiger partial charge on any atom is -0.398 e. The summed E-state index contributed by atoms with van der Waals surface area (Å²) in [6.45, 7) is 0. The van der Waals surface area contributed by atoms with Gasteiger partial charge in [-0.3, -0.25) is 0 Å². The first-order valence-electron chi connectivity index (χ1n) is 17.1. The van der Waals surface area contributed by atoms with Crippen molar-refractivity contribution in [1.29, 1.82) is 0 Å². The third-order valence-corrected chi connectivity index (χ3v) is 12.0. The van der Waals surface area contributed by atoms with Gasteiger partial charge < -0.3 is 38.5 Å². The molecule has 0 amide bonds. The van der Waals surface area contributed by atoms with E-state index in [0.29, 0.717) is 60.2 Å². The van der Waals surface area contributed by atoms with Gasteiger partial charge in [0, 0.05) is 83.2 Å². The van der Waals surface area contributed by atoms with Crippen LogP contribution in [0.25, 0.3) is 0 Å². The van der Waals surface area contributed by atoms with Gasteiger partial charge in [-0.2, -0.15) is 0 Å². The Labute approximate surface area is 262 Å². The smallest absolute Gasteiger partial charge is 0.0350 e. The lowest BCUT2D eigenvalue weighted by molar-refractivity contribution is 0.331. The lowest BCUT2D eigenvalue weighted by Crippen LogP contribution is -2.50. The summed E-state index contributed by atoms with van der Waals surface area (Å²) < 4.78 is 0. The maximum absolute atomic E-state index is 6.76. The third-order valence-electron chi connectivity index (χ3n) is 12.0. The Morgan fingerprint density at radius 1 is 0.341 bits per heavy atom. The van der Waals surface area contributed by atoms with Crippen LogP contribution >= 0.6 is 0 Å². The van der Waals surface area contributed by atoms with E-state index in [0.717, 1.165) is 42.7 Å². The molecule has 5 fully saturated rings. The van der Waals surface area contributed by atoms with Gasteiger partial charge in [0.1, 0.15) is 0 Å². The molecule has 0 aliphatic carbocycles. The maximum atomic E-state index is 6.76. The molecular weight excluding hydrogens is 542 g/mol. The van der Waals surface area contributed by atoms with Crippen LogP contribution < -0.4 is 38.5 Å². The highest BCUT2D eigenvalue weighted by Gasteiger charge is 2.49. The van der Waals surface area contributed by atoms with Crippen LogP contribution in [0.4, 0.5) is 17.1 Å². The average molecular weight is 592 g/mol. The SMILES string of the molecule is Nc1ccccc1C1C2CCC(N2)C2CCC(N2)C(c2ccccc2N)C2CCC(N2)C(c2ccccc2N)C2CCC1N2. The van der Waals surface area contributed by atoms with E-state index < -0.39 is 0 Å². The number of nitrogens with two attached hydrogens (primary N) is 3. The first kappa shape index (κ1) is 28.4. The number of hydrogen-bond acceptors (Lipinski definition) is 7. The number of rotatable bonds is 3. The standard InChI is InChI=1S/C37H49N7/c38-24-10-4-1-7-21(24)35-29-15-13-27(41-29)28-14-16-30(42-28)36(22-8-2-5-11-25(22)39)32-18-20-34(44-32)37(33-19-17-31(35)43-33)23-9-3-6-12-26(23)40/h1-12,27-37,41-44H,13-20,38-40H2. The monoisotopic (exact) mass is 591 g/mol. The number of fused-ring (bicyclic) bond motifs is 9. The van der Waals surface area contributed by atoms with E-state index >= 15 is 0 Å². The van der Waals surface area contributed by atoms with Gasteiger partial charge in [0.05, 0.1) is 0 Å². The molecule has 3 aromatic carbocycles. The summed E-state index contributed by atoms with van der Waals surface area (Å²) in [5.41, 5.74) is 26.8. The van der Waals surface area contributed by atoms with Crippen LogP contribution in [0.5, 0.6) is 0 Å². The minimum absolute atomic E-state index is 0.285. The van der Waals surface area contributed by atoms with Crippen molar-refractivity contribution in [2.75, 3.05) is 17.2 Å². The summed E-state index contributed by atoms with van der Waals surface area (Å²) in [4.78, 5) is 0. The summed E-state index contributed by atoms with van der Waals surface area (Å²) in [6, 6.07) is 28.8. The zero-order valence-electron chi connectivity index (χ0n) is 25.7. The molecule has 5 aliphatic rings. The molecule has 8 rings (SSSR count). The molecular formula is C37H49N7. The topological polar surface area (TPSA) is 126 Å². The van der Waals surface area contributed by atoms with Crippen LogP contribution in [-0.4, -0.2) is 48.3 Å². The van der Waals surface area contributed by atoms with Crippen molar-refractivity contribution in [1.82, 2.24) is 21.3 Å². The highest BCUT2D eigenvalue weighted by atomic mass is 15.1. The zero-order valence-corrected chi connectivity index (χ0v) is 25.7. The fourth-order valence-electron chi connectivity index (χ4n) is 10.1. The van der Waals surface area contributed by atoms with Crippen molar-refractivity contribution in [2.45, 2.75) is 117 Å². The van der Waals surface area contributed by atoms with Crippen molar-refractivity contribution < 1.29 is 0 Å². The van der Waals surface area contributed by atoms with E-state index in [1.807, 2.05) is 0 Å². The fourth-order valence-corrected chi connectivity index (χ4v) is 10.1.